The number of nitriles is 1. The lowest BCUT2D eigenvalue weighted by Gasteiger charge is -2.36. The summed E-state index contributed by atoms with van der Waals surface area (Å²) in [6.07, 6.45) is 3.80. The second-order valence-electron chi connectivity index (χ2n) is 7.86. The quantitative estimate of drug-likeness (QED) is 0.699. The van der Waals surface area contributed by atoms with Gasteiger partial charge >= 0.3 is 0 Å². The third-order valence-electron chi connectivity index (χ3n) is 4.91. The number of aromatic nitrogens is 4. The van der Waals surface area contributed by atoms with Crippen molar-refractivity contribution in [3.05, 3.63) is 48.0 Å². The van der Waals surface area contributed by atoms with Gasteiger partial charge < -0.3 is 9.80 Å². The first-order valence-electron chi connectivity index (χ1n) is 9.17. The maximum atomic E-state index is 8.87. The van der Waals surface area contributed by atoms with Crippen LogP contribution in [-0.4, -0.2) is 45.8 Å². The van der Waals surface area contributed by atoms with Gasteiger partial charge in [0, 0.05) is 31.6 Å². The number of rotatable bonds is 2. The molecule has 0 N–H and O–H groups in total. The molecule has 7 heteroatoms. The molecule has 7 nitrogen and oxygen atoms in total. The summed E-state index contributed by atoms with van der Waals surface area (Å²) < 4.78 is 1.88. The maximum Gasteiger partial charge on any atom is 0.153 e. The summed E-state index contributed by atoms with van der Waals surface area (Å²) in [6, 6.07) is 9.87. The van der Waals surface area contributed by atoms with E-state index in [1.165, 1.54) is 0 Å². The second kappa shape index (κ2) is 6.54. The van der Waals surface area contributed by atoms with Crippen molar-refractivity contribution >= 4 is 17.2 Å². The van der Waals surface area contributed by atoms with Crippen LogP contribution in [0.2, 0.25) is 0 Å². The molecule has 0 atom stereocenters. The summed E-state index contributed by atoms with van der Waals surface area (Å²) in [5, 5.41) is 13.6. The minimum Gasteiger partial charge on any atom is -0.367 e. The van der Waals surface area contributed by atoms with Gasteiger partial charge in [0.15, 0.2) is 5.65 Å². The smallest absolute Gasteiger partial charge is 0.153 e. The lowest BCUT2D eigenvalue weighted by atomic mass is 9.93. The highest BCUT2D eigenvalue weighted by Gasteiger charge is 2.21. The molecular weight excluding hydrogens is 338 g/mol. The van der Waals surface area contributed by atoms with Gasteiger partial charge in [-0.25, -0.2) is 14.5 Å². The van der Waals surface area contributed by atoms with Crippen LogP contribution >= 0.6 is 0 Å². The van der Waals surface area contributed by atoms with E-state index >= 15 is 0 Å². The zero-order chi connectivity index (χ0) is 19.0. The maximum absolute atomic E-state index is 8.87. The van der Waals surface area contributed by atoms with Gasteiger partial charge in [0.1, 0.15) is 17.6 Å². The minimum atomic E-state index is 0.00855. The summed E-state index contributed by atoms with van der Waals surface area (Å²) in [5.74, 6) is 0.970. The first kappa shape index (κ1) is 17.3. The lowest BCUT2D eigenvalue weighted by Crippen LogP contribution is -2.47. The number of pyridine rings is 1. The van der Waals surface area contributed by atoms with E-state index in [0.717, 1.165) is 49.0 Å². The molecule has 27 heavy (non-hydrogen) atoms. The molecule has 1 saturated heterocycles. The molecule has 0 unspecified atom stereocenters. The molecule has 0 bridgehead atoms. The van der Waals surface area contributed by atoms with Crippen LogP contribution in [0.5, 0.6) is 0 Å². The van der Waals surface area contributed by atoms with E-state index in [1.807, 2.05) is 28.9 Å². The molecular formula is C20H23N7. The Morgan fingerprint density at radius 2 is 1.74 bits per heavy atom. The van der Waals surface area contributed by atoms with E-state index in [0.29, 0.717) is 5.69 Å². The highest BCUT2D eigenvalue weighted by molar-refractivity contribution is 5.51. The van der Waals surface area contributed by atoms with Crippen molar-refractivity contribution in [2.24, 2.45) is 0 Å². The summed E-state index contributed by atoms with van der Waals surface area (Å²) in [7, 11) is 0. The van der Waals surface area contributed by atoms with Crippen LogP contribution in [-0.2, 0) is 5.41 Å². The van der Waals surface area contributed by atoms with E-state index < -0.39 is 0 Å². The van der Waals surface area contributed by atoms with Crippen molar-refractivity contribution in [3.8, 4) is 6.07 Å². The standard InChI is InChI=1S/C20H23N7/c1-20(2,3)17-14-27-18(23-17)6-7-19(24-27)26-10-8-25(9-11-26)16-5-4-15(12-21)22-13-16/h4-7,13-14H,8-11H2,1-3H3. The number of piperazine rings is 1. The number of fused-ring (bicyclic) bond motifs is 1. The largest absolute Gasteiger partial charge is 0.367 e. The summed E-state index contributed by atoms with van der Waals surface area (Å²) in [6.45, 7) is 10.0. The molecule has 3 aromatic heterocycles. The fourth-order valence-electron chi connectivity index (χ4n) is 3.23. The molecule has 1 fully saturated rings. The van der Waals surface area contributed by atoms with Crippen LogP contribution in [0.15, 0.2) is 36.7 Å². The Balaban J connectivity index is 1.48. The fraction of sp³-hybridized carbons (Fsp3) is 0.400. The molecule has 4 rings (SSSR count). The van der Waals surface area contributed by atoms with Crippen molar-refractivity contribution in [2.75, 3.05) is 36.0 Å². The van der Waals surface area contributed by atoms with Gasteiger partial charge in [0.25, 0.3) is 0 Å². The Kier molecular flexibility index (Phi) is 4.19. The van der Waals surface area contributed by atoms with Gasteiger partial charge in [-0.15, -0.1) is 5.10 Å². The molecule has 0 aromatic carbocycles. The van der Waals surface area contributed by atoms with Gasteiger partial charge in [-0.3, -0.25) is 0 Å². The predicted molar refractivity (Wildman–Crippen MR) is 105 cm³/mol. The molecule has 0 amide bonds. The number of anilines is 2. The fourth-order valence-corrected chi connectivity index (χ4v) is 3.23. The molecule has 0 spiro atoms. The van der Waals surface area contributed by atoms with Crippen LogP contribution in [0.4, 0.5) is 11.5 Å². The first-order valence-corrected chi connectivity index (χ1v) is 9.17. The summed E-state index contributed by atoms with van der Waals surface area (Å²) >= 11 is 0. The van der Waals surface area contributed by atoms with Crippen LogP contribution in [0.1, 0.15) is 32.2 Å². The average Bonchev–Trinajstić information content (AvgIpc) is 3.12. The topological polar surface area (TPSA) is 73.3 Å². The average molecular weight is 361 g/mol. The molecule has 3 aromatic rings. The Morgan fingerprint density at radius 1 is 1.00 bits per heavy atom. The number of imidazole rings is 1. The van der Waals surface area contributed by atoms with Crippen molar-refractivity contribution in [1.82, 2.24) is 19.6 Å². The Labute approximate surface area is 158 Å². The molecule has 0 aliphatic carbocycles. The van der Waals surface area contributed by atoms with Crippen LogP contribution in [0, 0.1) is 11.3 Å². The van der Waals surface area contributed by atoms with Crippen molar-refractivity contribution in [1.29, 1.82) is 5.26 Å². The molecule has 0 saturated carbocycles. The van der Waals surface area contributed by atoms with Crippen molar-refractivity contribution in [2.45, 2.75) is 26.2 Å². The van der Waals surface area contributed by atoms with Crippen LogP contribution in [0.25, 0.3) is 5.65 Å². The van der Waals surface area contributed by atoms with Gasteiger partial charge in [0.2, 0.25) is 0 Å². The SMILES string of the molecule is CC(C)(C)c1cn2nc(N3CCN(c4ccc(C#N)nc4)CC3)ccc2n1. The Bertz CT molecular complexity index is 984. The Hall–Kier alpha value is -3.14. The minimum absolute atomic E-state index is 0.00855. The number of nitrogens with zero attached hydrogens (tertiary/aromatic N) is 7. The van der Waals surface area contributed by atoms with Crippen molar-refractivity contribution in [3.63, 3.8) is 0 Å². The summed E-state index contributed by atoms with van der Waals surface area (Å²) in [4.78, 5) is 13.4. The van der Waals surface area contributed by atoms with E-state index in [9.17, 15) is 0 Å². The van der Waals surface area contributed by atoms with Gasteiger partial charge in [0.05, 0.1) is 23.8 Å². The second-order valence-corrected chi connectivity index (χ2v) is 7.86. The van der Waals surface area contributed by atoms with E-state index in [-0.39, 0.29) is 5.41 Å². The van der Waals surface area contributed by atoms with Crippen LogP contribution < -0.4 is 9.80 Å². The Morgan fingerprint density at radius 3 is 2.37 bits per heavy atom. The summed E-state index contributed by atoms with van der Waals surface area (Å²) in [5.41, 5.74) is 3.44. The molecule has 1 aliphatic heterocycles. The molecule has 4 heterocycles. The number of hydrogen-bond acceptors (Lipinski definition) is 6. The third-order valence-corrected chi connectivity index (χ3v) is 4.91. The highest BCUT2D eigenvalue weighted by Crippen LogP contribution is 2.23. The molecule has 1 aliphatic rings. The normalized spacial score (nSPS) is 15.2. The zero-order valence-corrected chi connectivity index (χ0v) is 15.9. The molecule has 0 radical (unpaired) electrons. The zero-order valence-electron chi connectivity index (χ0n) is 15.9. The van der Waals surface area contributed by atoms with E-state index in [2.05, 4.69) is 46.6 Å². The highest BCUT2D eigenvalue weighted by atomic mass is 15.4. The van der Waals surface area contributed by atoms with Crippen LogP contribution in [0.3, 0.4) is 0 Å². The van der Waals surface area contributed by atoms with Crippen molar-refractivity contribution < 1.29 is 0 Å². The predicted octanol–water partition coefficient (Wildman–Crippen LogP) is 2.62. The lowest BCUT2D eigenvalue weighted by molar-refractivity contribution is 0.572. The van der Waals surface area contributed by atoms with E-state index in [4.69, 9.17) is 10.4 Å². The molecule has 138 valence electrons. The van der Waals surface area contributed by atoms with Gasteiger partial charge in [-0.2, -0.15) is 5.26 Å². The van der Waals surface area contributed by atoms with Gasteiger partial charge in [-0.1, -0.05) is 20.8 Å². The number of hydrogen-bond donors (Lipinski definition) is 0. The van der Waals surface area contributed by atoms with E-state index in [1.54, 1.807) is 12.3 Å². The monoisotopic (exact) mass is 361 g/mol. The third kappa shape index (κ3) is 3.43. The first-order chi connectivity index (χ1) is 12.9. The van der Waals surface area contributed by atoms with Gasteiger partial charge in [-0.05, 0) is 24.3 Å².